The van der Waals surface area contributed by atoms with E-state index < -0.39 is 11.7 Å². The summed E-state index contributed by atoms with van der Waals surface area (Å²) in [7, 11) is 1.91. The van der Waals surface area contributed by atoms with Crippen LogP contribution >= 0.6 is 23.4 Å². The Hall–Kier alpha value is -1.93. The fourth-order valence-electron chi connectivity index (χ4n) is 2.21. The third-order valence-electron chi connectivity index (χ3n) is 4.02. The Kier molecular flexibility index (Phi) is 7.82. The lowest BCUT2D eigenvalue weighted by Crippen LogP contribution is -2.21. The van der Waals surface area contributed by atoms with Crippen LogP contribution in [0.4, 0.5) is 23.2 Å². The standard InChI is InChI=1S/C20H21ClF4N2OS/c1-5-27(4)11-26-16-8-13(3)17(9-12(16)2)28-14-6-7-15(21)18(10-14)29-20(24,25)19(22)23/h6-11,19H,5H2,1-4H3/b26-11+. The Bertz CT molecular complexity index is 893. The number of hydrogen-bond acceptors (Lipinski definition) is 3. The molecule has 0 unspecified atom stereocenters. The minimum atomic E-state index is -4.25. The first kappa shape index (κ1) is 23.3. The van der Waals surface area contributed by atoms with Crippen LogP contribution in [0.1, 0.15) is 18.1 Å². The van der Waals surface area contributed by atoms with Crippen molar-refractivity contribution in [2.45, 2.75) is 37.3 Å². The molecule has 2 aromatic rings. The number of aliphatic imine (C=N–C) groups is 1. The number of aryl methyl sites for hydroxylation is 2. The summed E-state index contributed by atoms with van der Waals surface area (Å²) in [5, 5.41) is -4.31. The lowest BCUT2D eigenvalue weighted by molar-refractivity contribution is -0.0563. The summed E-state index contributed by atoms with van der Waals surface area (Å²) in [5.41, 5.74) is 2.42. The van der Waals surface area contributed by atoms with E-state index in [0.717, 1.165) is 23.4 Å². The van der Waals surface area contributed by atoms with E-state index in [9.17, 15) is 17.6 Å². The summed E-state index contributed by atoms with van der Waals surface area (Å²) in [5.74, 6) is 0.718. The molecule has 0 N–H and O–H groups in total. The molecular formula is C20H21ClF4N2OS. The van der Waals surface area contributed by atoms with Crippen molar-refractivity contribution >= 4 is 35.4 Å². The van der Waals surface area contributed by atoms with Crippen molar-refractivity contribution in [1.29, 1.82) is 0 Å². The molecule has 0 radical (unpaired) electrons. The monoisotopic (exact) mass is 448 g/mol. The van der Waals surface area contributed by atoms with E-state index in [-0.39, 0.29) is 27.4 Å². The van der Waals surface area contributed by atoms with Gasteiger partial charge in [0.15, 0.2) is 0 Å². The molecule has 9 heteroatoms. The lowest BCUT2D eigenvalue weighted by atomic mass is 10.1. The van der Waals surface area contributed by atoms with Gasteiger partial charge in [-0.2, -0.15) is 8.78 Å². The van der Waals surface area contributed by atoms with Crippen LogP contribution in [0.3, 0.4) is 0 Å². The van der Waals surface area contributed by atoms with Gasteiger partial charge in [0.25, 0.3) is 0 Å². The van der Waals surface area contributed by atoms with E-state index in [1.165, 1.54) is 18.2 Å². The molecule has 0 bridgehead atoms. The first-order valence-corrected chi connectivity index (χ1v) is 9.91. The van der Waals surface area contributed by atoms with Crippen LogP contribution in [-0.2, 0) is 0 Å². The molecule has 0 aliphatic carbocycles. The lowest BCUT2D eigenvalue weighted by Gasteiger charge is -2.17. The molecule has 29 heavy (non-hydrogen) atoms. The highest BCUT2D eigenvalue weighted by molar-refractivity contribution is 8.00. The quantitative estimate of drug-likeness (QED) is 0.183. The van der Waals surface area contributed by atoms with Gasteiger partial charge in [0, 0.05) is 18.5 Å². The Morgan fingerprint density at radius 1 is 1.21 bits per heavy atom. The van der Waals surface area contributed by atoms with E-state index in [4.69, 9.17) is 16.3 Å². The molecule has 3 nitrogen and oxygen atoms in total. The minimum Gasteiger partial charge on any atom is -0.457 e. The maximum atomic E-state index is 13.4. The van der Waals surface area contributed by atoms with Gasteiger partial charge in [0.1, 0.15) is 11.5 Å². The predicted octanol–water partition coefficient (Wildman–Crippen LogP) is 7.31. The summed E-state index contributed by atoms with van der Waals surface area (Å²) < 4.78 is 57.5. The molecule has 0 aliphatic heterocycles. The Morgan fingerprint density at radius 2 is 1.90 bits per heavy atom. The number of alkyl halides is 4. The summed E-state index contributed by atoms with van der Waals surface area (Å²) in [4.78, 5) is 6.18. The minimum absolute atomic E-state index is 0.0553. The number of nitrogens with zero attached hydrogens (tertiary/aromatic N) is 2. The van der Waals surface area contributed by atoms with Gasteiger partial charge >= 0.3 is 11.7 Å². The molecule has 0 spiro atoms. The molecule has 0 heterocycles. The highest BCUT2D eigenvalue weighted by Crippen LogP contribution is 2.44. The topological polar surface area (TPSA) is 24.8 Å². The fraction of sp³-hybridized carbons (Fsp3) is 0.350. The van der Waals surface area contributed by atoms with Crippen LogP contribution in [0.5, 0.6) is 11.5 Å². The molecule has 2 rings (SSSR count). The summed E-state index contributed by atoms with van der Waals surface area (Å²) in [6.45, 7) is 6.53. The second kappa shape index (κ2) is 9.71. The zero-order chi connectivity index (χ0) is 21.8. The Morgan fingerprint density at radius 3 is 2.52 bits per heavy atom. The summed E-state index contributed by atoms with van der Waals surface area (Å²) >= 11 is 5.59. The van der Waals surface area contributed by atoms with Gasteiger partial charge in [-0.25, -0.2) is 13.8 Å². The van der Waals surface area contributed by atoms with E-state index in [2.05, 4.69) is 4.99 Å². The van der Waals surface area contributed by atoms with Crippen molar-refractivity contribution in [3.63, 3.8) is 0 Å². The highest BCUT2D eigenvalue weighted by Gasteiger charge is 2.42. The second-order valence-electron chi connectivity index (χ2n) is 6.38. The average Bonchev–Trinajstić information content (AvgIpc) is 2.65. The van der Waals surface area contributed by atoms with Gasteiger partial charge in [-0.15, -0.1) is 0 Å². The Labute approximate surface area is 176 Å². The van der Waals surface area contributed by atoms with E-state index in [1.807, 2.05) is 38.8 Å². The maximum absolute atomic E-state index is 13.4. The molecule has 158 valence electrons. The summed E-state index contributed by atoms with van der Waals surface area (Å²) in [6, 6.07) is 7.68. The van der Waals surface area contributed by atoms with Crippen LogP contribution in [0.2, 0.25) is 5.02 Å². The SMILES string of the molecule is CCN(C)/C=N/c1cc(C)c(Oc2ccc(Cl)c(SC(F)(F)C(F)F)c2)cc1C. The van der Waals surface area contributed by atoms with Gasteiger partial charge in [-0.1, -0.05) is 11.6 Å². The first-order chi connectivity index (χ1) is 13.5. The average molecular weight is 449 g/mol. The van der Waals surface area contributed by atoms with Gasteiger partial charge in [0.2, 0.25) is 0 Å². The molecule has 0 atom stereocenters. The van der Waals surface area contributed by atoms with Crippen LogP contribution in [-0.4, -0.2) is 36.5 Å². The molecule has 0 fully saturated rings. The van der Waals surface area contributed by atoms with E-state index in [0.29, 0.717) is 5.75 Å². The van der Waals surface area contributed by atoms with Crippen molar-refractivity contribution in [2.75, 3.05) is 13.6 Å². The fourth-order valence-corrected chi connectivity index (χ4v) is 3.17. The van der Waals surface area contributed by atoms with Gasteiger partial charge < -0.3 is 9.64 Å². The predicted molar refractivity (Wildman–Crippen MR) is 111 cm³/mol. The van der Waals surface area contributed by atoms with Crippen LogP contribution in [0.15, 0.2) is 40.2 Å². The third-order valence-corrected chi connectivity index (χ3v) is 5.47. The second-order valence-corrected chi connectivity index (χ2v) is 7.98. The largest absolute Gasteiger partial charge is 0.457 e. The van der Waals surface area contributed by atoms with Gasteiger partial charge in [-0.05, 0) is 74.0 Å². The number of ether oxygens (including phenoxy) is 1. The van der Waals surface area contributed by atoms with Crippen molar-refractivity contribution in [1.82, 2.24) is 4.90 Å². The number of rotatable bonds is 8. The van der Waals surface area contributed by atoms with E-state index in [1.54, 1.807) is 12.4 Å². The normalized spacial score (nSPS) is 12.1. The molecule has 2 aromatic carbocycles. The zero-order valence-electron chi connectivity index (χ0n) is 16.3. The Balaban J connectivity index is 2.27. The number of hydrogen-bond donors (Lipinski definition) is 0. The zero-order valence-corrected chi connectivity index (χ0v) is 17.9. The van der Waals surface area contributed by atoms with Crippen LogP contribution in [0, 0.1) is 13.8 Å². The first-order valence-electron chi connectivity index (χ1n) is 8.71. The molecule has 0 saturated heterocycles. The number of benzene rings is 2. The number of halogens is 5. The van der Waals surface area contributed by atoms with Crippen LogP contribution in [0.25, 0.3) is 0 Å². The molecule has 0 saturated carbocycles. The maximum Gasteiger partial charge on any atom is 0.357 e. The smallest absolute Gasteiger partial charge is 0.357 e. The van der Waals surface area contributed by atoms with Crippen molar-refractivity contribution in [2.24, 2.45) is 4.99 Å². The van der Waals surface area contributed by atoms with Crippen molar-refractivity contribution in [3.8, 4) is 11.5 Å². The molecule has 0 aliphatic rings. The molecular weight excluding hydrogens is 428 g/mol. The number of thioether (sulfide) groups is 1. The molecule has 0 aromatic heterocycles. The highest BCUT2D eigenvalue weighted by atomic mass is 35.5. The van der Waals surface area contributed by atoms with Crippen molar-refractivity contribution in [3.05, 3.63) is 46.5 Å². The van der Waals surface area contributed by atoms with Crippen molar-refractivity contribution < 1.29 is 22.3 Å². The summed E-state index contributed by atoms with van der Waals surface area (Å²) in [6.07, 6.45) is -2.08. The van der Waals surface area contributed by atoms with Crippen LogP contribution < -0.4 is 4.74 Å². The van der Waals surface area contributed by atoms with Gasteiger partial charge in [-0.3, -0.25) is 0 Å². The third kappa shape index (κ3) is 6.27. The van der Waals surface area contributed by atoms with Gasteiger partial charge in [0.05, 0.1) is 17.0 Å². The van der Waals surface area contributed by atoms with E-state index >= 15 is 0 Å². The molecule has 0 amide bonds.